The third kappa shape index (κ3) is 4.52. The van der Waals surface area contributed by atoms with Gasteiger partial charge in [0.05, 0.1) is 22.5 Å². The molecular formula is C23H24N4O2S. The smallest absolute Gasteiger partial charge is 0.256 e. The average Bonchev–Trinajstić information content (AvgIpc) is 3.34. The highest BCUT2D eigenvalue weighted by molar-refractivity contribution is 7.20. The van der Waals surface area contributed by atoms with Crippen LogP contribution in [0.5, 0.6) is 5.75 Å². The van der Waals surface area contributed by atoms with Crippen molar-refractivity contribution in [2.45, 2.75) is 33.1 Å². The number of para-hydroxylation sites is 1. The van der Waals surface area contributed by atoms with E-state index in [1.54, 1.807) is 16.8 Å². The van der Waals surface area contributed by atoms with Crippen LogP contribution in [0, 0.1) is 6.92 Å². The quantitative estimate of drug-likeness (QED) is 0.376. The van der Waals surface area contributed by atoms with Gasteiger partial charge in [0.2, 0.25) is 5.13 Å². The maximum absolute atomic E-state index is 12.8. The molecule has 0 radical (unpaired) electrons. The molecule has 4 aromatic rings. The van der Waals surface area contributed by atoms with Gasteiger partial charge in [-0.3, -0.25) is 4.79 Å². The molecule has 0 fully saturated rings. The molecule has 0 aliphatic carbocycles. The molecule has 7 heteroatoms. The summed E-state index contributed by atoms with van der Waals surface area (Å²) in [6, 6.07) is 17.0. The van der Waals surface area contributed by atoms with Gasteiger partial charge in [-0.2, -0.15) is 9.78 Å². The third-order valence-electron chi connectivity index (χ3n) is 4.67. The Morgan fingerprint density at radius 1 is 1.13 bits per heavy atom. The third-order valence-corrected chi connectivity index (χ3v) is 5.68. The number of fused-ring (bicyclic) bond motifs is 1. The van der Waals surface area contributed by atoms with Gasteiger partial charge < -0.3 is 10.1 Å². The zero-order chi connectivity index (χ0) is 20.9. The number of amides is 1. The van der Waals surface area contributed by atoms with E-state index in [4.69, 9.17) is 4.74 Å². The maximum Gasteiger partial charge on any atom is 0.256 e. The Hall–Kier alpha value is -3.19. The molecule has 0 aliphatic heterocycles. The number of aryl methyl sites for hydroxylation is 1. The molecule has 0 spiro atoms. The zero-order valence-electron chi connectivity index (χ0n) is 17.1. The van der Waals surface area contributed by atoms with Crippen molar-refractivity contribution in [1.29, 1.82) is 0 Å². The first-order valence-corrected chi connectivity index (χ1v) is 10.9. The summed E-state index contributed by atoms with van der Waals surface area (Å²) in [6.45, 7) is 4.75. The summed E-state index contributed by atoms with van der Waals surface area (Å²) in [7, 11) is 0. The second-order valence-corrected chi connectivity index (χ2v) is 8.09. The van der Waals surface area contributed by atoms with Gasteiger partial charge in [0.15, 0.2) is 0 Å². The van der Waals surface area contributed by atoms with Crippen molar-refractivity contribution < 1.29 is 9.53 Å². The molecule has 0 atom stereocenters. The Kier molecular flexibility index (Phi) is 6.09. The second-order valence-electron chi connectivity index (χ2n) is 7.08. The molecular weight excluding hydrogens is 396 g/mol. The molecule has 0 saturated heterocycles. The number of aromatic nitrogens is 3. The predicted molar refractivity (Wildman–Crippen MR) is 121 cm³/mol. The fourth-order valence-electron chi connectivity index (χ4n) is 3.12. The summed E-state index contributed by atoms with van der Waals surface area (Å²) in [5, 5.41) is 8.19. The number of rotatable bonds is 8. The largest absolute Gasteiger partial charge is 0.494 e. The normalized spacial score (nSPS) is 11.0. The van der Waals surface area contributed by atoms with E-state index in [0.29, 0.717) is 18.0 Å². The Labute approximate surface area is 179 Å². The van der Waals surface area contributed by atoms with E-state index >= 15 is 0 Å². The van der Waals surface area contributed by atoms with Crippen LogP contribution in [0.1, 0.15) is 42.2 Å². The van der Waals surface area contributed by atoms with Crippen LogP contribution in [0.15, 0.2) is 54.6 Å². The Morgan fingerprint density at radius 3 is 2.70 bits per heavy atom. The number of nitrogens with zero attached hydrogens (tertiary/aromatic N) is 3. The van der Waals surface area contributed by atoms with Gasteiger partial charge in [-0.1, -0.05) is 43.2 Å². The zero-order valence-corrected chi connectivity index (χ0v) is 17.9. The number of carbonyl (C=O) groups is 1. The summed E-state index contributed by atoms with van der Waals surface area (Å²) in [5.74, 6) is 1.17. The first kappa shape index (κ1) is 20.1. The lowest BCUT2D eigenvalue weighted by Gasteiger charge is -2.08. The summed E-state index contributed by atoms with van der Waals surface area (Å²) in [4.78, 5) is 17.4. The van der Waals surface area contributed by atoms with Crippen molar-refractivity contribution in [2.24, 2.45) is 0 Å². The predicted octanol–water partition coefficient (Wildman–Crippen LogP) is 5.61. The van der Waals surface area contributed by atoms with Crippen LogP contribution >= 0.6 is 11.3 Å². The molecule has 0 bridgehead atoms. The van der Waals surface area contributed by atoms with Crippen molar-refractivity contribution in [3.05, 3.63) is 65.9 Å². The Bertz CT molecular complexity index is 1110. The molecule has 0 aliphatic rings. The summed E-state index contributed by atoms with van der Waals surface area (Å²) < 4.78 is 8.48. The number of benzene rings is 2. The SMILES string of the molecule is CCCCCOc1ccc(C(=O)Nc2cc(C)nn2-c2nc3ccccc3s2)cc1. The van der Waals surface area contributed by atoms with Gasteiger partial charge in [-0.05, 0) is 49.7 Å². The van der Waals surface area contributed by atoms with Crippen LogP contribution in [0.4, 0.5) is 5.82 Å². The highest BCUT2D eigenvalue weighted by Crippen LogP contribution is 2.27. The standard InChI is InChI=1S/C23H24N4O2S/c1-3-4-7-14-29-18-12-10-17(11-13-18)22(28)25-21-15-16(2)26-27(21)23-24-19-8-5-6-9-20(19)30-23/h5-6,8-13,15H,3-4,7,14H2,1-2H3,(H,25,28). The van der Waals surface area contributed by atoms with Crippen LogP contribution < -0.4 is 10.1 Å². The number of anilines is 1. The number of nitrogens with one attached hydrogen (secondary N) is 1. The molecule has 0 saturated carbocycles. The first-order chi connectivity index (χ1) is 14.6. The number of hydrogen-bond donors (Lipinski definition) is 1. The Balaban J connectivity index is 1.48. The molecule has 6 nitrogen and oxygen atoms in total. The molecule has 2 aromatic heterocycles. The van der Waals surface area contributed by atoms with Crippen molar-refractivity contribution in [2.75, 3.05) is 11.9 Å². The van der Waals surface area contributed by atoms with Crippen LogP contribution in [0.3, 0.4) is 0 Å². The molecule has 1 N–H and O–H groups in total. The van der Waals surface area contributed by atoms with Crippen LogP contribution in [0.25, 0.3) is 15.3 Å². The lowest BCUT2D eigenvalue weighted by Crippen LogP contribution is -2.15. The highest BCUT2D eigenvalue weighted by Gasteiger charge is 2.15. The van der Waals surface area contributed by atoms with Crippen LogP contribution in [-0.4, -0.2) is 27.3 Å². The number of ether oxygens (including phenoxy) is 1. The average molecular weight is 421 g/mol. The maximum atomic E-state index is 12.8. The van der Waals surface area contributed by atoms with Crippen molar-refractivity contribution in [3.8, 4) is 10.9 Å². The lowest BCUT2D eigenvalue weighted by molar-refractivity contribution is 0.102. The minimum Gasteiger partial charge on any atom is -0.494 e. The number of carbonyl (C=O) groups excluding carboxylic acids is 1. The molecule has 4 rings (SSSR count). The fourth-order valence-corrected chi connectivity index (χ4v) is 4.05. The second kappa shape index (κ2) is 9.09. The molecule has 154 valence electrons. The van der Waals surface area contributed by atoms with E-state index in [1.165, 1.54) is 11.3 Å². The number of unbranched alkanes of at least 4 members (excludes halogenated alkanes) is 2. The topological polar surface area (TPSA) is 69.0 Å². The monoisotopic (exact) mass is 420 g/mol. The summed E-state index contributed by atoms with van der Waals surface area (Å²) >= 11 is 1.54. The fraction of sp³-hybridized carbons (Fsp3) is 0.261. The van der Waals surface area contributed by atoms with E-state index in [-0.39, 0.29) is 5.91 Å². The lowest BCUT2D eigenvalue weighted by atomic mass is 10.2. The molecule has 2 heterocycles. The minimum absolute atomic E-state index is 0.199. The van der Waals surface area contributed by atoms with Crippen molar-refractivity contribution in [3.63, 3.8) is 0 Å². The van der Waals surface area contributed by atoms with Crippen LogP contribution in [-0.2, 0) is 0 Å². The number of hydrogen-bond acceptors (Lipinski definition) is 5. The van der Waals surface area contributed by atoms with Gasteiger partial charge in [0.1, 0.15) is 11.6 Å². The Morgan fingerprint density at radius 2 is 1.93 bits per heavy atom. The first-order valence-electron chi connectivity index (χ1n) is 10.1. The van der Waals surface area contributed by atoms with Gasteiger partial charge in [0.25, 0.3) is 5.91 Å². The van der Waals surface area contributed by atoms with E-state index < -0.39 is 0 Å². The van der Waals surface area contributed by atoms with Gasteiger partial charge in [0, 0.05) is 11.6 Å². The van der Waals surface area contributed by atoms with E-state index in [2.05, 4.69) is 22.3 Å². The summed E-state index contributed by atoms with van der Waals surface area (Å²) in [6.07, 6.45) is 3.35. The molecule has 1 amide bonds. The number of thiazole rings is 1. The minimum atomic E-state index is -0.199. The van der Waals surface area contributed by atoms with Crippen molar-refractivity contribution >= 4 is 33.3 Å². The molecule has 0 unspecified atom stereocenters. The van der Waals surface area contributed by atoms with Gasteiger partial charge in [-0.25, -0.2) is 4.98 Å². The highest BCUT2D eigenvalue weighted by atomic mass is 32.1. The van der Waals surface area contributed by atoms with E-state index in [9.17, 15) is 4.79 Å². The van der Waals surface area contributed by atoms with E-state index in [1.807, 2.05) is 49.4 Å². The molecule has 2 aromatic carbocycles. The summed E-state index contributed by atoms with van der Waals surface area (Å²) in [5.41, 5.74) is 2.28. The molecule has 30 heavy (non-hydrogen) atoms. The van der Waals surface area contributed by atoms with Crippen LogP contribution in [0.2, 0.25) is 0 Å². The van der Waals surface area contributed by atoms with E-state index in [0.717, 1.165) is 46.1 Å². The van der Waals surface area contributed by atoms with Gasteiger partial charge >= 0.3 is 0 Å². The van der Waals surface area contributed by atoms with Gasteiger partial charge in [-0.15, -0.1) is 0 Å². The van der Waals surface area contributed by atoms with Crippen molar-refractivity contribution in [1.82, 2.24) is 14.8 Å².